The van der Waals surface area contributed by atoms with Gasteiger partial charge in [0.2, 0.25) is 0 Å². The van der Waals surface area contributed by atoms with Crippen molar-refractivity contribution in [2.45, 2.75) is 65.5 Å². The normalized spacial score (nSPS) is 16.8. The van der Waals surface area contributed by atoms with E-state index in [0.29, 0.717) is 17.1 Å². The lowest BCUT2D eigenvalue weighted by Gasteiger charge is -2.17. The van der Waals surface area contributed by atoms with Gasteiger partial charge in [-0.05, 0) is 40.5 Å². The molecule has 0 bridgehead atoms. The highest BCUT2D eigenvalue weighted by molar-refractivity contribution is 5.94. The average Bonchev–Trinajstić information content (AvgIpc) is 2.99. The van der Waals surface area contributed by atoms with E-state index in [1.54, 1.807) is 20.8 Å². The topological polar surface area (TPSA) is 68.5 Å². The molecule has 1 unspecified atom stereocenters. The van der Waals surface area contributed by atoms with Crippen molar-refractivity contribution in [1.29, 1.82) is 0 Å². The minimum absolute atomic E-state index is 0.221. The fraction of sp³-hybridized carbons (Fsp3) is 0.625. The molecule has 1 N–H and O–H groups in total. The molecule has 1 aliphatic carbocycles. The molecule has 1 fully saturated rings. The van der Waals surface area contributed by atoms with Gasteiger partial charge >= 0.3 is 5.97 Å². The first kappa shape index (κ1) is 15.6. The number of hydrogen-bond acceptors (Lipinski definition) is 4. The lowest BCUT2D eigenvalue weighted by Crippen LogP contribution is -2.40. The molecule has 5 nitrogen and oxygen atoms in total. The monoisotopic (exact) mass is 293 g/mol. The van der Waals surface area contributed by atoms with Crippen molar-refractivity contribution in [3.63, 3.8) is 0 Å². The van der Waals surface area contributed by atoms with Crippen LogP contribution in [0.2, 0.25) is 0 Å². The van der Waals surface area contributed by atoms with E-state index in [2.05, 4.69) is 5.32 Å². The fourth-order valence-electron chi connectivity index (χ4n) is 2.76. The molecule has 1 saturated carbocycles. The minimum atomic E-state index is -0.799. The summed E-state index contributed by atoms with van der Waals surface area (Å²) in [5.41, 5.74) is 1.19. The Morgan fingerprint density at radius 3 is 2.33 bits per heavy atom. The van der Waals surface area contributed by atoms with E-state index in [9.17, 15) is 9.59 Å². The smallest absolute Gasteiger partial charge is 0.342 e. The molecular formula is C16H23NO4. The molecule has 0 spiro atoms. The summed E-state index contributed by atoms with van der Waals surface area (Å²) in [6.45, 7) is 6.93. The maximum atomic E-state index is 12.2. The lowest BCUT2D eigenvalue weighted by atomic mass is 10.1. The highest BCUT2D eigenvalue weighted by atomic mass is 16.5. The fourth-order valence-corrected chi connectivity index (χ4v) is 2.76. The van der Waals surface area contributed by atoms with Crippen molar-refractivity contribution < 1.29 is 18.7 Å². The summed E-state index contributed by atoms with van der Waals surface area (Å²) in [6, 6.07) is 0.221. The lowest BCUT2D eigenvalue weighted by molar-refractivity contribution is -0.129. The molecule has 1 heterocycles. The Labute approximate surface area is 125 Å². The molecular weight excluding hydrogens is 270 g/mol. The maximum Gasteiger partial charge on any atom is 0.342 e. The number of furan rings is 1. The summed E-state index contributed by atoms with van der Waals surface area (Å²) in [5.74, 6) is 0.489. The first-order valence-corrected chi connectivity index (χ1v) is 7.48. The Morgan fingerprint density at radius 2 is 1.81 bits per heavy atom. The predicted molar refractivity (Wildman–Crippen MR) is 78.2 cm³/mol. The Kier molecular flexibility index (Phi) is 4.70. The molecule has 1 atom stereocenters. The number of rotatable bonds is 4. The number of aryl methyl sites for hydroxylation is 2. The first-order valence-electron chi connectivity index (χ1n) is 7.48. The minimum Gasteiger partial charge on any atom is -0.465 e. The molecule has 116 valence electrons. The summed E-state index contributed by atoms with van der Waals surface area (Å²) >= 11 is 0. The van der Waals surface area contributed by atoms with E-state index >= 15 is 0 Å². The Bertz CT molecular complexity index is 541. The van der Waals surface area contributed by atoms with Gasteiger partial charge in [-0.25, -0.2) is 4.79 Å². The maximum absolute atomic E-state index is 12.2. The second-order valence-electron chi connectivity index (χ2n) is 5.75. The summed E-state index contributed by atoms with van der Waals surface area (Å²) in [6.07, 6.45) is 3.50. The van der Waals surface area contributed by atoms with Crippen LogP contribution >= 0.6 is 0 Å². The van der Waals surface area contributed by atoms with Gasteiger partial charge in [-0.3, -0.25) is 4.79 Å². The average molecular weight is 293 g/mol. The van der Waals surface area contributed by atoms with Crippen molar-refractivity contribution in [3.8, 4) is 0 Å². The van der Waals surface area contributed by atoms with E-state index in [0.717, 1.165) is 31.2 Å². The standard InChI is InChI=1S/C16H23NO4/c1-9-10(2)20-11(3)14(9)16(19)21-12(4)15(18)17-13-7-5-6-8-13/h12-13H,5-8H2,1-4H3,(H,17,18). The van der Waals surface area contributed by atoms with E-state index in [1.165, 1.54) is 0 Å². The van der Waals surface area contributed by atoms with E-state index in [-0.39, 0.29) is 11.9 Å². The number of nitrogens with one attached hydrogen (secondary N) is 1. The van der Waals surface area contributed by atoms with Crippen LogP contribution in [0, 0.1) is 20.8 Å². The highest BCUT2D eigenvalue weighted by Gasteiger charge is 2.26. The molecule has 5 heteroatoms. The van der Waals surface area contributed by atoms with Gasteiger partial charge in [0, 0.05) is 11.6 Å². The summed E-state index contributed by atoms with van der Waals surface area (Å²) in [7, 11) is 0. The van der Waals surface area contributed by atoms with Crippen LogP contribution < -0.4 is 5.32 Å². The number of esters is 1. The van der Waals surface area contributed by atoms with Crippen molar-refractivity contribution in [3.05, 3.63) is 22.6 Å². The van der Waals surface area contributed by atoms with Gasteiger partial charge in [-0.2, -0.15) is 0 Å². The van der Waals surface area contributed by atoms with Crippen molar-refractivity contribution in [2.24, 2.45) is 0 Å². The number of ether oxygens (including phenoxy) is 1. The van der Waals surface area contributed by atoms with E-state index in [4.69, 9.17) is 9.15 Å². The Balaban J connectivity index is 1.96. The van der Waals surface area contributed by atoms with Crippen molar-refractivity contribution in [2.75, 3.05) is 0 Å². The number of hydrogen-bond donors (Lipinski definition) is 1. The molecule has 1 amide bonds. The molecule has 1 aromatic heterocycles. The van der Waals surface area contributed by atoms with E-state index < -0.39 is 12.1 Å². The zero-order valence-corrected chi connectivity index (χ0v) is 13.1. The van der Waals surface area contributed by atoms with Gasteiger partial charge in [-0.1, -0.05) is 12.8 Å². The first-order chi connectivity index (χ1) is 9.90. The third-order valence-corrected chi connectivity index (χ3v) is 4.12. The number of carbonyl (C=O) groups is 2. The molecule has 0 radical (unpaired) electrons. The molecule has 0 saturated heterocycles. The van der Waals surface area contributed by atoms with Gasteiger partial charge in [0.15, 0.2) is 6.10 Å². The molecule has 21 heavy (non-hydrogen) atoms. The highest BCUT2D eigenvalue weighted by Crippen LogP contribution is 2.22. The number of carbonyl (C=O) groups excluding carboxylic acids is 2. The summed E-state index contributed by atoms with van der Waals surface area (Å²) in [5, 5.41) is 2.93. The van der Waals surface area contributed by atoms with E-state index in [1.807, 2.05) is 6.92 Å². The van der Waals surface area contributed by atoms with Gasteiger partial charge in [-0.15, -0.1) is 0 Å². The Hall–Kier alpha value is -1.78. The van der Waals surface area contributed by atoms with Crippen molar-refractivity contribution >= 4 is 11.9 Å². The largest absolute Gasteiger partial charge is 0.465 e. The third kappa shape index (κ3) is 3.46. The third-order valence-electron chi connectivity index (χ3n) is 4.12. The summed E-state index contributed by atoms with van der Waals surface area (Å²) < 4.78 is 10.7. The zero-order valence-electron chi connectivity index (χ0n) is 13.1. The molecule has 0 aliphatic heterocycles. The number of amides is 1. The van der Waals surface area contributed by atoms with Crippen LogP contribution in [0.25, 0.3) is 0 Å². The predicted octanol–water partition coefficient (Wildman–Crippen LogP) is 2.81. The van der Waals surface area contributed by atoms with Crippen LogP contribution in [0.3, 0.4) is 0 Å². The SMILES string of the molecule is Cc1oc(C)c(C(=O)OC(C)C(=O)NC2CCCC2)c1C. The second-order valence-corrected chi connectivity index (χ2v) is 5.75. The molecule has 2 rings (SSSR count). The second kappa shape index (κ2) is 6.33. The van der Waals surface area contributed by atoms with Crippen LogP contribution in [0.1, 0.15) is 60.0 Å². The van der Waals surface area contributed by atoms with Gasteiger partial charge < -0.3 is 14.5 Å². The van der Waals surface area contributed by atoms with Crippen LogP contribution in [0.4, 0.5) is 0 Å². The Morgan fingerprint density at radius 1 is 1.19 bits per heavy atom. The molecule has 1 aromatic rings. The van der Waals surface area contributed by atoms with Gasteiger partial charge in [0.05, 0.1) is 0 Å². The van der Waals surface area contributed by atoms with Gasteiger partial charge in [0.1, 0.15) is 17.1 Å². The van der Waals surface area contributed by atoms with Gasteiger partial charge in [0.25, 0.3) is 5.91 Å². The van der Waals surface area contributed by atoms with Crippen LogP contribution in [-0.2, 0) is 9.53 Å². The zero-order chi connectivity index (χ0) is 15.6. The van der Waals surface area contributed by atoms with Crippen LogP contribution in [-0.4, -0.2) is 24.0 Å². The molecule has 0 aromatic carbocycles. The van der Waals surface area contributed by atoms with Crippen LogP contribution in [0.15, 0.2) is 4.42 Å². The van der Waals surface area contributed by atoms with Crippen molar-refractivity contribution in [1.82, 2.24) is 5.32 Å². The molecule has 1 aliphatic rings. The quantitative estimate of drug-likeness (QED) is 0.867. The summed E-state index contributed by atoms with van der Waals surface area (Å²) in [4.78, 5) is 24.2. The van der Waals surface area contributed by atoms with Crippen LogP contribution in [0.5, 0.6) is 0 Å².